The molecular weight excluding hydrogens is 198 g/mol. The highest BCUT2D eigenvalue weighted by molar-refractivity contribution is 5.55. The molecule has 1 heterocycles. The van der Waals surface area contributed by atoms with Crippen LogP contribution in [-0.4, -0.2) is 16.5 Å². The zero-order valence-electron chi connectivity index (χ0n) is 9.53. The van der Waals surface area contributed by atoms with Gasteiger partial charge in [-0.3, -0.25) is 0 Å². The van der Waals surface area contributed by atoms with E-state index in [0.29, 0.717) is 6.54 Å². The summed E-state index contributed by atoms with van der Waals surface area (Å²) in [6.45, 7) is 2.80. The summed E-state index contributed by atoms with van der Waals surface area (Å²) in [5.41, 5.74) is 9.06. The van der Waals surface area contributed by atoms with Gasteiger partial charge in [-0.05, 0) is 18.5 Å². The van der Waals surface area contributed by atoms with Crippen LogP contribution in [0.1, 0.15) is 18.2 Å². The Morgan fingerprint density at radius 2 is 2.00 bits per heavy atom. The first-order valence-electron chi connectivity index (χ1n) is 5.66. The van der Waals surface area contributed by atoms with Gasteiger partial charge in [0.05, 0.1) is 0 Å². The lowest BCUT2D eigenvalue weighted by Crippen LogP contribution is -2.02. The third kappa shape index (κ3) is 2.31. The molecule has 84 valence electrons. The van der Waals surface area contributed by atoms with E-state index in [-0.39, 0.29) is 0 Å². The number of nitrogens with two attached hydrogens (primary N) is 1. The van der Waals surface area contributed by atoms with Crippen molar-refractivity contribution in [2.75, 3.05) is 6.54 Å². The minimum Gasteiger partial charge on any atom is -0.342 e. The van der Waals surface area contributed by atoms with E-state index in [1.54, 1.807) is 0 Å². The van der Waals surface area contributed by atoms with Crippen molar-refractivity contribution in [3.63, 3.8) is 0 Å². The van der Waals surface area contributed by atoms with E-state index < -0.39 is 0 Å². The second kappa shape index (κ2) is 4.94. The van der Waals surface area contributed by atoms with Gasteiger partial charge in [-0.1, -0.05) is 31.2 Å². The Kier molecular flexibility index (Phi) is 3.37. The number of aryl methyl sites for hydroxylation is 1. The molecular formula is C13H17N3. The van der Waals surface area contributed by atoms with Crippen LogP contribution in [0, 0.1) is 0 Å². The summed E-state index contributed by atoms with van der Waals surface area (Å²) in [6, 6.07) is 8.48. The average molecular weight is 215 g/mol. The molecule has 0 saturated heterocycles. The van der Waals surface area contributed by atoms with Crippen LogP contribution in [0.15, 0.2) is 30.5 Å². The summed E-state index contributed by atoms with van der Waals surface area (Å²) in [5, 5.41) is 0. The first kappa shape index (κ1) is 10.9. The van der Waals surface area contributed by atoms with Crippen LogP contribution in [0.5, 0.6) is 0 Å². The highest BCUT2D eigenvalue weighted by Crippen LogP contribution is 2.16. The van der Waals surface area contributed by atoms with E-state index in [9.17, 15) is 0 Å². The molecule has 0 aliphatic heterocycles. The largest absolute Gasteiger partial charge is 0.342 e. The number of H-pyrrole nitrogens is 1. The van der Waals surface area contributed by atoms with Crippen LogP contribution in [0.4, 0.5) is 0 Å². The Balaban J connectivity index is 2.21. The molecule has 1 aromatic carbocycles. The number of aromatic amines is 1. The number of hydrogen-bond acceptors (Lipinski definition) is 2. The molecule has 2 aromatic rings. The Hall–Kier alpha value is -1.61. The van der Waals surface area contributed by atoms with Crippen molar-refractivity contribution in [3.8, 4) is 11.4 Å². The number of nitrogens with zero attached hydrogens (tertiary/aromatic N) is 1. The lowest BCUT2D eigenvalue weighted by Gasteiger charge is -1.99. The smallest absolute Gasteiger partial charge is 0.137 e. The van der Waals surface area contributed by atoms with Crippen molar-refractivity contribution in [2.45, 2.75) is 19.8 Å². The highest BCUT2D eigenvalue weighted by Gasteiger charge is 2.02. The van der Waals surface area contributed by atoms with Gasteiger partial charge in [0.15, 0.2) is 0 Å². The molecule has 0 aliphatic carbocycles. The monoisotopic (exact) mass is 215 g/mol. The zero-order chi connectivity index (χ0) is 11.4. The predicted molar refractivity (Wildman–Crippen MR) is 66.2 cm³/mol. The van der Waals surface area contributed by atoms with E-state index in [4.69, 9.17) is 5.73 Å². The lowest BCUT2D eigenvalue weighted by molar-refractivity contribution is 0.936. The number of imidazole rings is 1. The second-order valence-electron chi connectivity index (χ2n) is 3.85. The van der Waals surface area contributed by atoms with Crippen LogP contribution in [-0.2, 0) is 12.8 Å². The van der Waals surface area contributed by atoms with Crippen molar-refractivity contribution < 1.29 is 0 Å². The van der Waals surface area contributed by atoms with Gasteiger partial charge < -0.3 is 10.7 Å². The maximum absolute atomic E-state index is 5.50. The molecule has 1 aromatic heterocycles. The number of aromatic nitrogens is 2. The molecule has 3 nitrogen and oxygen atoms in total. The summed E-state index contributed by atoms with van der Waals surface area (Å²) in [7, 11) is 0. The molecule has 0 unspecified atom stereocenters. The molecule has 0 saturated carbocycles. The average Bonchev–Trinajstić information content (AvgIpc) is 2.78. The number of benzene rings is 1. The summed E-state index contributed by atoms with van der Waals surface area (Å²) in [4.78, 5) is 7.63. The van der Waals surface area contributed by atoms with Crippen molar-refractivity contribution in [1.29, 1.82) is 0 Å². The maximum Gasteiger partial charge on any atom is 0.137 e. The SMILES string of the molecule is CCc1ccc(-c2ncc(CCN)[nH]2)cc1. The number of nitrogens with one attached hydrogen (secondary N) is 1. The van der Waals surface area contributed by atoms with E-state index in [1.165, 1.54) is 5.56 Å². The Morgan fingerprint density at radius 3 is 2.62 bits per heavy atom. The van der Waals surface area contributed by atoms with Gasteiger partial charge in [0.25, 0.3) is 0 Å². The van der Waals surface area contributed by atoms with E-state index in [1.807, 2.05) is 6.20 Å². The molecule has 0 atom stereocenters. The van der Waals surface area contributed by atoms with Crippen LogP contribution in [0.3, 0.4) is 0 Å². The Labute approximate surface area is 95.7 Å². The fourth-order valence-electron chi connectivity index (χ4n) is 1.69. The second-order valence-corrected chi connectivity index (χ2v) is 3.85. The molecule has 0 radical (unpaired) electrons. The van der Waals surface area contributed by atoms with Crippen LogP contribution in [0.2, 0.25) is 0 Å². The molecule has 0 spiro atoms. The molecule has 3 heteroatoms. The Morgan fingerprint density at radius 1 is 1.25 bits per heavy atom. The van der Waals surface area contributed by atoms with E-state index in [2.05, 4.69) is 41.2 Å². The number of hydrogen-bond donors (Lipinski definition) is 2. The molecule has 16 heavy (non-hydrogen) atoms. The summed E-state index contributed by atoms with van der Waals surface area (Å²) >= 11 is 0. The summed E-state index contributed by atoms with van der Waals surface area (Å²) in [6.07, 6.45) is 3.77. The van der Waals surface area contributed by atoms with Crippen molar-refractivity contribution in [1.82, 2.24) is 9.97 Å². The van der Waals surface area contributed by atoms with Crippen LogP contribution < -0.4 is 5.73 Å². The van der Waals surface area contributed by atoms with Gasteiger partial charge in [-0.15, -0.1) is 0 Å². The van der Waals surface area contributed by atoms with E-state index >= 15 is 0 Å². The minimum atomic E-state index is 0.649. The third-order valence-corrected chi connectivity index (χ3v) is 2.68. The molecule has 0 aliphatic rings. The van der Waals surface area contributed by atoms with E-state index in [0.717, 1.165) is 29.9 Å². The first-order valence-corrected chi connectivity index (χ1v) is 5.66. The van der Waals surface area contributed by atoms with Crippen molar-refractivity contribution >= 4 is 0 Å². The number of rotatable bonds is 4. The molecule has 2 rings (SSSR count). The van der Waals surface area contributed by atoms with Gasteiger partial charge in [0, 0.05) is 23.9 Å². The molecule has 0 fully saturated rings. The van der Waals surface area contributed by atoms with Crippen molar-refractivity contribution in [3.05, 3.63) is 41.7 Å². The normalized spacial score (nSPS) is 10.6. The minimum absolute atomic E-state index is 0.649. The van der Waals surface area contributed by atoms with Gasteiger partial charge in [-0.2, -0.15) is 0 Å². The third-order valence-electron chi connectivity index (χ3n) is 2.68. The van der Waals surface area contributed by atoms with Gasteiger partial charge in [-0.25, -0.2) is 4.98 Å². The van der Waals surface area contributed by atoms with Crippen LogP contribution in [0.25, 0.3) is 11.4 Å². The van der Waals surface area contributed by atoms with Crippen molar-refractivity contribution in [2.24, 2.45) is 5.73 Å². The Bertz CT molecular complexity index is 442. The van der Waals surface area contributed by atoms with Crippen LogP contribution >= 0.6 is 0 Å². The first-order chi connectivity index (χ1) is 7.83. The fraction of sp³-hybridized carbons (Fsp3) is 0.308. The summed E-state index contributed by atoms with van der Waals surface area (Å²) < 4.78 is 0. The molecule has 3 N–H and O–H groups in total. The lowest BCUT2D eigenvalue weighted by atomic mass is 10.1. The highest BCUT2D eigenvalue weighted by atomic mass is 14.9. The topological polar surface area (TPSA) is 54.7 Å². The maximum atomic E-state index is 5.50. The molecule has 0 bridgehead atoms. The quantitative estimate of drug-likeness (QED) is 0.821. The fourth-order valence-corrected chi connectivity index (χ4v) is 1.69. The predicted octanol–water partition coefficient (Wildman–Crippen LogP) is 2.14. The van der Waals surface area contributed by atoms with Gasteiger partial charge in [0.2, 0.25) is 0 Å². The molecule has 0 amide bonds. The zero-order valence-corrected chi connectivity index (χ0v) is 9.53. The summed E-state index contributed by atoms with van der Waals surface area (Å²) in [5.74, 6) is 0.922. The standard InChI is InChI=1S/C13H17N3/c1-2-10-3-5-11(6-4-10)13-15-9-12(16-13)7-8-14/h3-6,9H,2,7-8,14H2,1H3,(H,15,16). The van der Waals surface area contributed by atoms with Gasteiger partial charge >= 0.3 is 0 Å². The van der Waals surface area contributed by atoms with Gasteiger partial charge in [0.1, 0.15) is 5.82 Å².